The van der Waals surface area contributed by atoms with Crippen molar-refractivity contribution >= 4 is 37.3 Å². The summed E-state index contributed by atoms with van der Waals surface area (Å²) in [5.41, 5.74) is 0. The van der Waals surface area contributed by atoms with E-state index in [-0.39, 0.29) is 0 Å². The third kappa shape index (κ3) is 5.03. The highest BCUT2D eigenvalue weighted by Crippen LogP contribution is 2.25. The highest BCUT2D eigenvalue weighted by atomic mass is 79.9. The lowest BCUT2D eigenvalue weighted by Crippen LogP contribution is -2.40. The molecule has 0 bridgehead atoms. The van der Waals surface area contributed by atoms with Crippen molar-refractivity contribution in [1.29, 1.82) is 0 Å². The Morgan fingerprint density at radius 3 is 2.90 bits per heavy atom. The van der Waals surface area contributed by atoms with E-state index in [4.69, 9.17) is 0 Å². The van der Waals surface area contributed by atoms with Crippen molar-refractivity contribution in [2.24, 2.45) is 0 Å². The second kappa shape index (κ2) is 8.06. The predicted octanol–water partition coefficient (Wildman–Crippen LogP) is 3.44. The quantitative estimate of drug-likeness (QED) is 0.720. The fourth-order valence-electron chi connectivity index (χ4n) is 2.82. The van der Waals surface area contributed by atoms with Crippen LogP contribution in [0.1, 0.15) is 39.0 Å². The molecule has 1 saturated heterocycles. The first-order chi connectivity index (χ1) is 10.0. The average molecular weight is 395 g/mol. The molecule has 0 aliphatic carbocycles. The van der Waals surface area contributed by atoms with Crippen LogP contribution < -0.4 is 4.72 Å². The third-order valence-electron chi connectivity index (χ3n) is 3.95. The van der Waals surface area contributed by atoms with Crippen molar-refractivity contribution in [3.63, 3.8) is 0 Å². The van der Waals surface area contributed by atoms with Crippen molar-refractivity contribution in [3.8, 4) is 0 Å². The van der Waals surface area contributed by atoms with Crippen LogP contribution in [-0.2, 0) is 10.0 Å². The summed E-state index contributed by atoms with van der Waals surface area (Å²) in [6.07, 6.45) is 5.93. The Labute approximate surface area is 140 Å². The van der Waals surface area contributed by atoms with E-state index in [1.165, 1.54) is 37.0 Å². The second-order valence-electron chi connectivity index (χ2n) is 5.40. The monoisotopic (exact) mass is 394 g/mol. The molecule has 0 amide bonds. The highest BCUT2D eigenvalue weighted by Gasteiger charge is 2.20. The molecule has 1 aromatic rings. The van der Waals surface area contributed by atoms with Gasteiger partial charge in [-0.2, -0.15) is 0 Å². The number of rotatable bonds is 7. The zero-order chi connectivity index (χ0) is 15.3. The molecule has 1 aliphatic heterocycles. The van der Waals surface area contributed by atoms with Gasteiger partial charge in [-0.05, 0) is 66.8 Å². The molecule has 21 heavy (non-hydrogen) atoms. The summed E-state index contributed by atoms with van der Waals surface area (Å²) in [6.45, 7) is 4.88. The van der Waals surface area contributed by atoms with Gasteiger partial charge in [0.1, 0.15) is 4.21 Å². The van der Waals surface area contributed by atoms with Gasteiger partial charge in [0.05, 0.1) is 3.79 Å². The van der Waals surface area contributed by atoms with Gasteiger partial charge in [-0.1, -0.05) is 13.3 Å². The first-order valence-electron chi connectivity index (χ1n) is 7.52. The lowest BCUT2D eigenvalue weighted by molar-refractivity contribution is 0.143. The Morgan fingerprint density at radius 2 is 2.24 bits per heavy atom. The normalized spacial score (nSPS) is 20.8. The number of hydrogen-bond acceptors (Lipinski definition) is 4. The Hall–Kier alpha value is 0.0500. The van der Waals surface area contributed by atoms with Gasteiger partial charge in [0.25, 0.3) is 0 Å². The summed E-state index contributed by atoms with van der Waals surface area (Å²) < 4.78 is 28.1. The van der Waals surface area contributed by atoms with Gasteiger partial charge >= 0.3 is 0 Å². The number of hydrogen-bond donors (Lipinski definition) is 1. The molecule has 120 valence electrons. The molecule has 1 N–H and O–H groups in total. The molecule has 1 atom stereocenters. The van der Waals surface area contributed by atoms with Gasteiger partial charge in [0.15, 0.2) is 0 Å². The molecule has 1 aliphatic rings. The van der Waals surface area contributed by atoms with E-state index in [0.29, 0.717) is 16.8 Å². The van der Waals surface area contributed by atoms with Crippen LogP contribution in [0.25, 0.3) is 0 Å². The van der Waals surface area contributed by atoms with Crippen LogP contribution in [0.5, 0.6) is 0 Å². The second-order valence-corrected chi connectivity index (χ2v) is 9.86. The van der Waals surface area contributed by atoms with E-state index in [0.717, 1.165) is 23.3 Å². The van der Waals surface area contributed by atoms with E-state index in [2.05, 4.69) is 32.5 Å². The fraction of sp³-hybridized carbons (Fsp3) is 0.714. The van der Waals surface area contributed by atoms with Gasteiger partial charge in [-0.25, -0.2) is 13.1 Å². The number of sulfonamides is 1. The van der Waals surface area contributed by atoms with E-state index in [1.807, 2.05) is 0 Å². The summed E-state index contributed by atoms with van der Waals surface area (Å²) in [7, 11) is -3.34. The van der Waals surface area contributed by atoms with E-state index < -0.39 is 10.0 Å². The molecule has 2 heterocycles. The van der Waals surface area contributed by atoms with Crippen LogP contribution >= 0.6 is 27.3 Å². The largest absolute Gasteiger partial charge is 0.300 e. The van der Waals surface area contributed by atoms with Gasteiger partial charge in [0.2, 0.25) is 10.0 Å². The molecule has 0 aromatic carbocycles. The molecule has 0 spiro atoms. The topological polar surface area (TPSA) is 49.4 Å². The first kappa shape index (κ1) is 17.4. The maximum Gasteiger partial charge on any atom is 0.250 e. The molecule has 0 unspecified atom stereocenters. The maximum atomic E-state index is 12.1. The van der Waals surface area contributed by atoms with Crippen molar-refractivity contribution in [1.82, 2.24) is 9.62 Å². The van der Waals surface area contributed by atoms with Crippen molar-refractivity contribution < 1.29 is 8.42 Å². The molecule has 1 fully saturated rings. The lowest BCUT2D eigenvalue weighted by Gasteiger charge is -2.35. The Balaban J connectivity index is 1.76. The van der Waals surface area contributed by atoms with Crippen LogP contribution in [0.4, 0.5) is 0 Å². The standard InChI is InChI=1S/C14H23BrN2O2S2/c1-2-12-6-3-4-10-17(12)11-5-9-16-21(18,19)14-8-7-13(15)20-14/h7-8,12,16H,2-6,9-11H2,1H3/t12-/m0/s1. The van der Waals surface area contributed by atoms with E-state index >= 15 is 0 Å². The number of nitrogens with one attached hydrogen (secondary N) is 1. The summed E-state index contributed by atoms with van der Waals surface area (Å²) >= 11 is 4.53. The molecule has 4 nitrogen and oxygen atoms in total. The Bertz CT molecular complexity index is 545. The maximum absolute atomic E-state index is 12.1. The number of likely N-dealkylation sites (tertiary alicyclic amines) is 1. The molecule has 0 radical (unpaired) electrons. The number of piperidine rings is 1. The molecule has 0 saturated carbocycles. The SMILES string of the molecule is CC[C@H]1CCCCN1CCCNS(=O)(=O)c1ccc(Br)s1. The minimum Gasteiger partial charge on any atom is -0.300 e. The molecule has 7 heteroatoms. The predicted molar refractivity (Wildman–Crippen MR) is 91.3 cm³/mol. The van der Waals surface area contributed by atoms with E-state index in [9.17, 15) is 8.42 Å². The smallest absolute Gasteiger partial charge is 0.250 e. The summed E-state index contributed by atoms with van der Waals surface area (Å²) in [4.78, 5) is 2.51. The number of halogens is 1. The van der Waals surface area contributed by atoms with Crippen molar-refractivity contribution in [3.05, 3.63) is 15.9 Å². The summed E-state index contributed by atoms with van der Waals surface area (Å²) in [5, 5.41) is 0. The number of nitrogens with zero attached hydrogens (tertiary/aromatic N) is 1. The van der Waals surface area contributed by atoms with Crippen molar-refractivity contribution in [2.45, 2.75) is 49.3 Å². The summed E-state index contributed by atoms with van der Waals surface area (Å²) in [6, 6.07) is 4.08. The molecule has 2 rings (SSSR count). The molecular formula is C14H23BrN2O2S2. The van der Waals surface area contributed by atoms with Gasteiger partial charge in [0, 0.05) is 12.6 Å². The van der Waals surface area contributed by atoms with Crippen LogP contribution in [0.15, 0.2) is 20.1 Å². The van der Waals surface area contributed by atoms with Crippen LogP contribution in [0, 0.1) is 0 Å². The third-order valence-corrected chi connectivity index (χ3v) is 7.52. The van der Waals surface area contributed by atoms with Crippen LogP contribution in [-0.4, -0.2) is 39.0 Å². The van der Waals surface area contributed by atoms with Gasteiger partial charge in [-0.15, -0.1) is 11.3 Å². The van der Waals surface area contributed by atoms with Crippen LogP contribution in [0.2, 0.25) is 0 Å². The minimum absolute atomic E-state index is 0.374. The zero-order valence-electron chi connectivity index (χ0n) is 12.3. The zero-order valence-corrected chi connectivity index (χ0v) is 15.6. The molecular weight excluding hydrogens is 372 g/mol. The number of thiophene rings is 1. The van der Waals surface area contributed by atoms with Gasteiger partial charge in [-0.3, -0.25) is 0 Å². The Kier molecular flexibility index (Phi) is 6.68. The minimum atomic E-state index is -3.34. The highest BCUT2D eigenvalue weighted by molar-refractivity contribution is 9.11. The fourth-order valence-corrected chi connectivity index (χ4v) is 5.95. The first-order valence-corrected chi connectivity index (χ1v) is 10.6. The summed E-state index contributed by atoms with van der Waals surface area (Å²) in [5.74, 6) is 0. The van der Waals surface area contributed by atoms with Crippen LogP contribution in [0.3, 0.4) is 0 Å². The van der Waals surface area contributed by atoms with E-state index in [1.54, 1.807) is 12.1 Å². The molecule has 1 aromatic heterocycles. The van der Waals surface area contributed by atoms with Crippen molar-refractivity contribution in [2.75, 3.05) is 19.6 Å². The Morgan fingerprint density at radius 1 is 1.43 bits per heavy atom. The average Bonchev–Trinajstić information content (AvgIpc) is 2.91. The lowest BCUT2D eigenvalue weighted by atomic mass is 10.00. The van der Waals surface area contributed by atoms with Gasteiger partial charge < -0.3 is 4.90 Å².